The van der Waals surface area contributed by atoms with E-state index in [1.165, 1.54) is 10.4 Å². The number of rotatable bonds is 4. The predicted molar refractivity (Wildman–Crippen MR) is 106 cm³/mol. The van der Waals surface area contributed by atoms with Gasteiger partial charge in [0.15, 0.2) is 0 Å². The highest BCUT2D eigenvalue weighted by Gasteiger charge is 2.40. The van der Waals surface area contributed by atoms with Gasteiger partial charge in [0.25, 0.3) is 0 Å². The normalized spacial score (nSPS) is 23.5. The zero-order valence-electron chi connectivity index (χ0n) is 15.4. The Labute approximate surface area is 163 Å². The first-order valence-corrected chi connectivity index (χ1v) is 12.3. The third-order valence-electron chi connectivity index (χ3n) is 5.19. The average Bonchev–Trinajstić information content (AvgIpc) is 3.10. The van der Waals surface area contributed by atoms with Crippen molar-refractivity contribution in [3.8, 4) is 0 Å². The van der Waals surface area contributed by atoms with Crippen molar-refractivity contribution in [2.75, 3.05) is 18.6 Å². The van der Waals surface area contributed by atoms with Crippen LogP contribution in [0.1, 0.15) is 30.5 Å². The summed E-state index contributed by atoms with van der Waals surface area (Å²) in [5, 5.41) is 0. The molecule has 0 saturated carbocycles. The Morgan fingerprint density at radius 3 is 2.71 bits per heavy atom. The van der Waals surface area contributed by atoms with Gasteiger partial charge in [-0.25, -0.2) is 21.2 Å². The standard InChI is InChI=1S/C19H19FN2O4S2/c1-12-16-9-13(17-11-21-18-10-14(20)4-5-15(17)18)3-6-19(16)28(25,26)22(12)7-8-27(2,23)24/h3-6,9,11-12H,7-8,10H2,1-2H3. The molecule has 9 heteroatoms. The molecule has 0 N–H and O–H groups in total. The van der Waals surface area contributed by atoms with E-state index >= 15 is 0 Å². The number of halogens is 1. The molecule has 0 saturated heterocycles. The number of allylic oxidation sites excluding steroid dienone is 5. The first-order valence-electron chi connectivity index (χ1n) is 8.76. The molecule has 1 aromatic carbocycles. The van der Waals surface area contributed by atoms with Crippen LogP contribution in [-0.4, -0.2) is 45.4 Å². The molecule has 1 aromatic rings. The topological polar surface area (TPSA) is 83.9 Å². The summed E-state index contributed by atoms with van der Waals surface area (Å²) >= 11 is 0. The molecule has 2 aliphatic heterocycles. The monoisotopic (exact) mass is 422 g/mol. The minimum atomic E-state index is -3.74. The molecular weight excluding hydrogens is 403 g/mol. The fourth-order valence-electron chi connectivity index (χ4n) is 3.72. The Balaban J connectivity index is 1.69. The summed E-state index contributed by atoms with van der Waals surface area (Å²) in [6.45, 7) is 1.66. The van der Waals surface area contributed by atoms with Gasteiger partial charge < -0.3 is 0 Å². The van der Waals surface area contributed by atoms with E-state index in [4.69, 9.17) is 0 Å². The number of fused-ring (bicyclic) bond motifs is 2. The van der Waals surface area contributed by atoms with E-state index in [0.29, 0.717) is 11.3 Å². The minimum Gasteiger partial charge on any atom is -0.260 e. The third-order valence-corrected chi connectivity index (χ3v) is 8.16. The zero-order chi connectivity index (χ0) is 20.3. The van der Waals surface area contributed by atoms with E-state index in [2.05, 4.69) is 4.99 Å². The fourth-order valence-corrected chi connectivity index (χ4v) is 6.25. The van der Waals surface area contributed by atoms with Gasteiger partial charge in [-0.05, 0) is 42.3 Å². The number of aliphatic imine (C=N–C) groups is 1. The van der Waals surface area contributed by atoms with Gasteiger partial charge in [0.1, 0.15) is 15.7 Å². The van der Waals surface area contributed by atoms with Gasteiger partial charge >= 0.3 is 0 Å². The van der Waals surface area contributed by atoms with Crippen LogP contribution in [0.25, 0.3) is 5.57 Å². The van der Waals surface area contributed by atoms with Crippen molar-refractivity contribution >= 4 is 31.1 Å². The van der Waals surface area contributed by atoms with Crippen molar-refractivity contribution in [2.45, 2.75) is 24.3 Å². The summed E-state index contributed by atoms with van der Waals surface area (Å²) in [6.07, 6.45) is 6.01. The average molecular weight is 423 g/mol. The van der Waals surface area contributed by atoms with Crippen LogP contribution in [0.15, 0.2) is 57.8 Å². The van der Waals surface area contributed by atoms with Crippen molar-refractivity contribution in [1.82, 2.24) is 4.31 Å². The lowest BCUT2D eigenvalue weighted by atomic mass is 9.91. The Morgan fingerprint density at radius 2 is 2.00 bits per heavy atom. The van der Waals surface area contributed by atoms with E-state index in [-0.39, 0.29) is 29.4 Å². The van der Waals surface area contributed by atoms with Gasteiger partial charge in [-0.1, -0.05) is 6.07 Å². The fraction of sp³-hybridized carbons (Fsp3) is 0.316. The highest BCUT2D eigenvalue weighted by molar-refractivity contribution is 7.91. The maximum absolute atomic E-state index is 13.5. The molecule has 148 valence electrons. The highest BCUT2D eigenvalue weighted by atomic mass is 32.2. The van der Waals surface area contributed by atoms with Crippen LogP contribution in [-0.2, 0) is 19.9 Å². The van der Waals surface area contributed by atoms with Crippen LogP contribution in [0, 0.1) is 0 Å². The van der Waals surface area contributed by atoms with Crippen LogP contribution < -0.4 is 0 Å². The van der Waals surface area contributed by atoms with E-state index < -0.39 is 25.9 Å². The van der Waals surface area contributed by atoms with Gasteiger partial charge in [-0.3, -0.25) is 4.99 Å². The minimum absolute atomic E-state index is 0.0858. The van der Waals surface area contributed by atoms with Gasteiger partial charge in [0.2, 0.25) is 10.0 Å². The van der Waals surface area contributed by atoms with Gasteiger partial charge in [-0.2, -0.15) is 4.31 Å². The van der Waals surface area contributed by atoms with E-state index in [1.807, 2.05) is 0 Å². The summed E-state index contributed by atoms with van der Waals surface area (Å²) in [4.78, 5) is 4.48. The van der Waals surface area contributed by atoms with Crippen LogP contribution in [0.4, 0.5) is 4.39 Å². The Hall–Kier alpha value is -2.10. The summed E-state index contributed by atoms with van der Waals surface area (Å²) in [5.41, 5.74) is 3.74. The first-order chi connectivity index (χ1) is 13.1. The molecule has 28 heavy (non-hydrogen) atoms. The maximum Gasteiger partial charge on any atom is 0.243 e. The second-order valence-electron chi connectivity index (χ2n) is 7.16. The molecule has 6 nitrogen and oxygen atoms in total. The number of hydrogen-bond acceptors (Lipinski definition) is 5. The number of sulfonamides is 1. The lowest BCUT2D eigenvalue weighted by molar-refractivity contribution is 0.376. The van der Waals surface area contributed by atoms with Crippen LogP contribution in [0.3, 0.4) is 0 Å². The quantitative estimate of drug-likeness (QED) is 0.747. The summed E-state index contributed by atoms with van der Waals surface area (Å²) in [5.74, 6) is -0.475. The molecule has 0 bridgehead atoms. The molecule has 4 rings (SSSR count). The predicted octanol–water partition coefficient (Wildman–Crippen LogP) is 2.78. The molecule has 0 aromatic heterocycles. The first kappa shape index (κ1) is 19.2. The molecule has 0 fully saturated rings. The molecule has 0 amide bonds. The van der Waals surface area contributed by atoms with Crippen LogP contribution in [0.5, 0.6) is 0 Å². The second kappa shape index (κ2) is 6.47. The van der Waals surface area contributed by atoms with Crippen molar-refractivity contribution in [2.24, 2.45) is 4.99 Å². The summed E-state index contributed by atoms with van der Waals surface area (Å²) < 4.78 is 63.3. The lowest BCUT2D eigenvalue weighted by Gasteiger charge is -2.19. The highest BCUT2D eigenvalue weighted by Crippen LogP contribution is 2.42. The number of benzene rings is 1. The van der Waals surface area contributed by atoms with E-state index in [9.17, 15) is 21.2 Å². The zero-order valence-corrected chi connectivity index (χ0v) is 17.0. The van der Waals surface area contributed by atoms with Gasteiger partial charge in [0.05, 0.1) is 16.4 Å². The molecule has 0 spiro atoms. The molecule has 1 aliphatic carbocycles. The molecule has 0 radical (unpaired) electrons. The van der Waals surface area contributed by atoms with Crippen molar-refractivity contribution in [3.05, 3.63) is 59.1 Å². The lowest BCUT2D eigenvalue weighted by Crippen LogP contribution is -2.31. The van der Waals surface area contributed by atoms with Crippen molar-refractivity contribution in [1.29, 1.82) is 0 Å². The Kier molecular flexibility index (Phi) is 4.44. The van der Waals surface area contributed by atoms with E-state index in [1.54, 1.807) is 37.4 Å². The Morgan fingerprint density at radius 1 is 1.25 bits per heavy atom. The smallest absolute Gasteiger partial charge is 0.243 e. The molecule has 3 aliphatic rings. The molecule has 1 atom stereocenters. The Bertz CT molecular complexity index is 1210. The number of hydrogen-bond donors (Lipinski definition) is 0. The van der Waals surface area contributed by atoms with E-state index in [0.717, 1.165) is 23.0 Å². The molecular formula is C19H19FN2O4S2. The van der Waals surface area contributed by atoms with Gasteiger partial charge in [-0.15, -0.1) is 0 Å². The number of sulfone groups is 1. The van der Waals surface area contributed by atoms with Gasteiger partial charge in [0, 0.05) is 42.6 Å². The molecule has 1 unspecified atom stereocenters. The second-order valence-corrected chi connectivity index (χ2v) is 11.3. The summed E-state index contributed by atoms with van der Waals surface area (Å²) in [6, 6.07) is 4.60. The summed E-state index contributed by atoms with van der Waals surface area (Å²) in [7, 11) is -7.03. The van der Waals surface area contributed by atoms with Crippen molar-refractivity contribution in [3.63, 3.8) is 0 Å². The number of nitrogens with zero attached hydrogens (tertiary/aromatic N) is 2. The third kappa shape index (κ3) is 3.17. The SMILES string of the molecule is CC1c2cc(C3=CN=C4CC(F)=CC=C34)ccc2S(=O)(=O)N1CCS(C)(=O)=O. The molecule has 2 heterocycles. The van der Waals surface area contributed by atoms with Crippen LogP contribution in [0.2, 0.25) is 0 Å². The maximum atomic E-state index is 13.5. The van der Waals surface area contributed by atoms with Crippen LogP contribution >= 0.6 is 0 Å². The van der Waals surface area contributed by atoms with Crippen molar-refractivity contribution < 1.29 is 21.2 Å². The largest absolute Gasteiger partial charge is 0.260 e.